The topological polar surface area (TPSA) is 48.4 Å². The van der Waals surface area contributed by atoms with E-state index in [1.54, 1.807) is 11.3 Å². The fourth-order valence-electron chi connectivity index (χ4n) is 2.96. The Kier molecular flexibility index (Phi) is 5.53. The Morgan fingerprint density at radius 3 is 2.75 bits per heavy atom. The minimum atomic E-state index is 0.158. The summed E-state index contributed by atoms with van der Waals surface area (Å²) in [4.78, 5) is 3.41. The Bertz CT molecular complexity index is 676. The standard InChI is InChI=1S/C19H25N3OS/c1-14(2)23-17-8-7-16(21-19(20)18-6-5-11-24-18)12-15(17)13-22-9-3-4-10-22/h5-8,11-12,14H,3-4,9-10,13H2,1-2H3,(H2,20,21). The third-order valence-corrected chi connectivity index (χ3v) is 4.94. The molecule has 4 nitrogen and oxygen atoms in total. The molecular weight excluding hydrogens is 318 g/mol. The molecule has 1 aromatic carbocycles. The summed E-state index contributed by atoms with van der Waals surface area (Å²) in [5.41, 5.74) is 2.13. The van der Waals surface area contributed by atoms with Gasteiger partial charge in [0.15, 0.2) is 0 Å². The number of nitrogens with one attached hydrogen (secondary N) is 2. The Hall–Kier alpha value is -1.85. The largest absolute Gasteiger partial charge is 0.491 e. The van der Waals surface area contributed by atoms with E-state index in [0.29, 0.717) is 5.84 Å². The van der Waals surface area contributed by atoms with Gasteiger partial charge in [0.25, 0.3) is 0 Å². The van der Waals surface area contributed by atoms with E-state index in [9.17, 15) is 0 Å². The molecule has 5 heteroatoms. The van der Waals surface area contributed by atoms with E-state index in [0.717, 1.165) is 35.9 Å². The first-order valence-corrected chi connectivity index (χ1v) is 9.41. The summed E-state index contributed by atoms with van der Waals surface area (Å²) in [5, 5.41) is 13.4. The van der Waals surface area contributed by atoms with Crippen LogP contribution >= 0.6 is 11.3 Å². The molecule has 2 heterocycles. The molecule has 0 spiro atoms. The molecule has 3 rings (SSSR count). The normalized spacial score (nSPS) is 15.0. The minimum Gasteiger partial charge on any atom is -0.491 e. The van der Waals surface area contributed by atoms with Gasteiger partial charge in [0.2, 0.25) is 0 Å². The fourth-order valence-corrected chi connectivity index (χ4v) is 3.59. The summed E-state index contributed by atoms with van der Waals surface area (Å²) in [6, 6.07) is 10.1. The number of thiophene rings is 1. The Morgan fingerprint density at radius 2 is 2.08 bits per heavy atom. The molecule has 0 saturated carbocycles. The van der Waals surface area contributed by atoms with E-state index in [4.69, 9.17) is 10.1 Å². The molecular formula is C19H25N3OS. The predicted molar refractivity (Wildman–Crippen MR) is 101 cm³/mol. The van der Waals surface area contributed by atoms with Gasteiger partial charge in [-0.25, -0.2) is 0 Å². The fraction of sp³-hybridized carbons (Fsp3) is 0.421. The molecule has 0 atom stereocenters. The maximum atomic E-state index is 8.20. The van der Waals surface area contributed by atoms with Gasteiger partial charge in [0, 0.05) is 17.8 Å². The average molecular weight is 343 g/mol. The van der Waals surface area contributed by atoms with Gasteiger partial charge in [-0.15, -0.1) is 11.3 Å². The van der Waals surface area contributed by atoms with Crippen molar-refractivity contribution in [1.82, 2.24) is 4.90 Å². The van der Waals surface area contributed by atoms with Crippen LogP contribution in [0.3, 0.4) is 0 Å². The van der Waals surface area contributed by atoms with Crippen molar-refractivity contribution < 1.29 is 4.74 Å². The minimum absolute atomic E-state index is 0.158. The van der Waals surface area contributed by atoms with Gasteiger partial charge < -0.3 is 10.1 Å². The first-order valence-electron chi connectivity index (χ1n) is 8.53. The highest BCUT2D eigenvalue weighted by molar-refractivity contribution is 7.12. The lowest BCUT2D eigenvalue weighted by atomic mass is 10.1. The lowest BCUT2D eigenvalue weighted by molar-refractivity contribution is 0.234. The van der Waals surface area contributed by atoms with Crippen LogP contribution in [0, 0.1) is 5.41 Å². The molecule has 0 radical (unpaired) electrons. The number of likely N-dealkylation sites (tertiary alicyclic amines) is 1. The monoisotopic (exact) mass is 343 g/mol. The van der Waals surface area contributed by atoms with Crippen molar-refractivity contribution in [3.8, 4) is 5.75 Å². The molecule has 2 N–H and O–H groups in total. The molecule has 2 aromatic rings. The van der Waals surface area contributed by atoms with Crippen LogP contribution < -0.4 is 10.1 Å². The maximum absolute atomic E-state index is 8.20. The molecule has 1 saturated heterocycles. The number of benzene rings is 1. The van der Waals surface area contributed by atoms with Gasteiger partial charge in [0.1, 0.15) is 11.6 Å². The van der Waals surface area contributed by atoms with E-state index in [1.165, 1.54) is 18.4 Å². The summed E-state index contributed by atoms with van der Waals surface area (Å²) in [7, 11) is 0. The Labute approximate surface area is 148 Å². The second-order valence-electron chi connectivity index (χ2n) is 6.45. The summed E-state index contributed by atoms with van der Waals surface area (Å²) in [6.45, 7) is 7.33. The molecule has 0 bridgehead atoms. The number of hydrogen-bond acceptors (Lipinski definition) is 4. The molecule has 1 aliphatic heterocycles. The smallest absolute Gasteiger partial charge is 0.140 e. The lowest BCUT2D eigenvalue weighted by Gasteiger charge is -2.20. The van der Waals surface area contributed by atoms with Crippen molar-refractivity contribution in [2.45, 2.75) is 39.3 Å². The number of nitrogens with zero attached hydrogens (tertiary/aromatic N) is 1. The van der Waals surface area contributed by atoms with E-state index in [-0.39, 0.29) is 6.10 Å². The highest BCUT2D eigenvalue weighted by atomic mass is 32.1. The summed E-state index contributed by atoms with van der Waals surface area (Å²) < 4.78 is 5.98. The molecule has 0 unspecified atom stereocenters. The van der Waals surface area contributed by atoms with Crippen molar-refractivity contribution in [3.63, 3.8) is 0 Å². The highest BCUT2D eigenvalue weighted by Crippen LogP contribution is 2.27. The van der Waals surface area contributed by atoms with Gasteiger partial charge in [-0.1, -0.05) is 6.07 Å². The van der Waals surface area contributed by atoms with Gasteiger partial charge in [0.05, 0.1) is 11.0 Å². The van der Waals surface area contributed by atoms with Crippen LogP contribution in [0.5, 0.6) is 5.75 Å². The summed E-state index contributed by atoms with van der Waals surface area (Å²) in [6.07, 6.45) is 2.72. The van der Waals surface area contributed by atoms with Crippen molar-refractivity contribution in [2.75, 3.05) is 18.4 Å². The summed E-state index contributed by atoms with van der Waals surface area (Å²) in [5.74, 6) is 1.39. The van der Waals surface area contributed by atoms with Crippen LogP contribution in [0.15, 0.2) is 35.7 Å². The van der Waals surface area contributed by atoms with E-state index >= 15 is 0 Å². The van der Waals surface area contributed by atoms with E-state index < -0.39 is 0 Å². The number of rotatable bonds is 6. The quantitative estimate of drug-likeness (QED) is 0.597. The predicted octanol–water partition coefficient (Wildman–Crippen LogP) is 4.57. The third-order valence-electron chi connectivity index (χ3n) is 4.05. The number of ether oxygens (including phenoxy) is 1. The number of amidine groups is 1. The maximum Gasteiger partial charge on any atom is 0.140 e. The Balaban J connectivity index is 1.78. The zero-order chi connectivity index (χ0) is 16.9. The molecule has 1 fully saturated rings. The van der Waals surface area contributed by atoms with Gasteiger partial charge in [-0.2, -0.15) is 0 Å². The second kappa shape index (κ2) is 7.81. The molecule has 1 aliphatic rings. The second-order valence-corrected chi connectivity index (χ2v) is 7.40. The van der Waals surface area contributed by atoms with Crippen molar-refractivity contribution >= 4 is 22.9 Å². The van der Waals surface area contributed by atoms with Crippen molar-refractivity contribution in [1.29, 1.82) is 5.41 Å². The SMILES string of the molecule is CC(C)Oc1ccc(NC(=N)c2cccs2)cc1CN1CCCC1. The average Bonchev–Trinajstić information content (AvgIpc) is 3.22. The van der Waals surface area contributed by atoms with Gasteiger partial charge in [-0.3, -0.25) is 10.3 Å². The van der Waals surface area contributed by atoms with Crippen LogP contribution in [0.2, 0.25) is 0 Å². The molecule has 24 heavy (non-hydrogen) atoms. The van der Waals surface area contributed by atoms with Crippen molar-refractivity contribution in [3.05, 3.63) is 46.2 Å². The van der Waals surface area contributed by atoms with E-state index in [2.05, 4.69) is 30.1 Å². The van der Waals surface area contributed by atoms with Crippen LogP contribution in [-0.2, 0) is 6.54 Å². The van der Waals surface area contributed by atoms with Crippen molar-refractivity contribution in [2.24, 2.45) is 0 Å². The van der Waals surface area contributed by atoms with Crippen LogP contribution in [-0.4, -0.2) is 29.9 Å². The molecule has 0 aliphatic carbocycles. The first-order chi connectivity index (χ1) is 11.6. The van der Waals surface area contributed by atoms with E-state index in [1.807, 2.05) is 29.6 Å². The number of hydrogen-bond donors (Lipinski definition) is 2. The molecule has 1 aromatic heterocycles. The van der Waals surface area contributed by atoms with Crippen LogP contribution in [0.1, 0.15) is 37.1 Å². The molecule has 128 valence electrons. The zero-order valence-electron chi connectivity index (χ0n) is 14.3. The van der Waals surface area contributed by atoms with Crippen LogP contribution in [0.4, 0.5) is 5.69 Å². The summed E-state index contributed by atoms with van der Waals surface area (Å²) >= 11 is 1.57. The van der Waals surface area contributed by atoms with Gasteiger partial charge in [-0.05, 0) is 69.4 Å². The highest BCUT2D eigenvalue weighted by Gasteiger charge is 2.16. The first kappa shape index (κ1) is 17.0. The zero-order valence-corrected chi connectivity index (χ0v) is 15.2. The van der Waals surface area contributed by atoms with Gasteiger partial charge >= 0.3 is 0 Å². The number of anilines is 1. The third kappa shape index (κ3) is 4.36. The molecule has 0 amide bonds. The van der Waals surface area contributed by atoms with Crippen LogP contribution in [0.25, 0.3) is 0 Å². The Morgan fingerprint density at radius 1 is 1.29 bits per heavy atom. The lowest BCUT2D eigenvalue weighted by Crippen LogP contribution is -2.20.